The van der Waals surface area contributed by atoms with Crippen LogP contribution in [0.3, 0.4) is 0 Å². The summed E-state index contributed by atoms with van der Waals surface area (Å²) in [6.45, 7) is 0. The summed E-state index contributed by atoms with van der Waals surface area (Å²) in [6, 6.07) is -20.0. The van der Waals surface area contributed by atoms with Gasteiger partial charge in [-0.2, -0.15) is 0 Å². The van der Waals surface area contributed by atoms with Crippen molar-refractivity contribution in [2.45, 2.75) is 5.92 Å². The molecule has 1 heterocycles. The van der Waals surface area contributed by atoms with Crippen LogP contribution in [0.4, 0.5) is 0 Å². The first-order valence-corrected chi connectivity index (χ1v) is 12.4. The number of hydrogen-bond donors (Lipinski definition) is 0. The quantitative estimate of drug-likeness (QED) is 0.197. The van der Waals surface area contributed by atoms with Gasteiger partial charge in [0.05, 0.1) is 32.9 Å². The van der Waals surface area contributed by atoms with E-state index < -0.39 is 234 Å². The van der Waals surface area contributed by atoms with Crippen LogP contribution < -0.4 is 0 Å². The summed E-state index contributed by atoms with van der Waals surface area (Å²) in [4.78, 5) is 0. The van der Waals surface area contributed by atoms with Crippen molar-refractivity contribution >= 4 is 54.9 Å². The molecule has 0 saturated heterocycles. The Kier molecular flexibility index (Phi) is 2.00. The van der Waals surface area contributed by atoms with Gasteiger partial charge in [0, 0.05) is 22.8 Å². The zero-order chi connectivity index (χ0) is 47.8. The summed E-state index contributed by atoms with van der Waals surface area (Å²) in [7, 11) is 0. The molecule has 1 heteroatoms. The van der Waals surface area contributed by atoms with E-state index in [1.54, 1.807) is 0 Å². The fraction of sp³-hybridized carbons (Fsp3) is 0.0500. The Morgan fingerprint density at radius 2 is 1.10 bits per heavy atom. The average molecular weight is 547 g/mol. The maximum absolute atomic E-state index is 10.1. The van der Waals surface area contributed by atoms with Crippen LogP contribution >= 0.6 is 0 Å². The molecular weight excluding hydrogens is 496 g/mol. The maximum Gasteiger partial charge on any atom is 0.135 e. The third-order valence-electron chi connectivity index (χ3n) is 7.21. The molecule has 6 aromatic carbocycles. The highest BCUT2D eigenvalue weighted by Crippen LogP contribution is 2.52. The molecule has 2 atom stereocenters. The Balaban J connectivity index is 1.64. The molecule has 0 radical (unpaired) electrons. The van der Waals surface area contributed by atoms with Gasteiger partial charge in [0.2, 0.25) is 0 Å². The second-order valence-corrected chi connectivity index (χ2v) is 9.33. The molecule has 0 amide bonds. The van der Waals surface area contributed by atoms with Crippen LogP contribution in [-0.2, 0) is 0 Å². The largest absolute Gasteiger partial charge is 0.460 e. The summed E-state index contributed by atoms with van der Waals surface area (Å²) in [5, 5.41) is -3.86. The van der Waals surface area contributed by atoms with Crippen LogP contribution in [0.2, 0.25) is 0 Å². The van der Waals surface area contributed by atoms with Crippen molar-refractivity contribution in [1.29, 1.82) is 0 Å². The Labute approximate surface area is 272 Å². The standard InChI is InChI=1S/C40H26O/c1-2-12-25(13-3-1)38-29-17-7-9-19-31(29)39(32-20-10-8-18-30(32)38)35-24-36-34-22-26-14-4-5-15-27(26)23-37(34)41-40(36)33-21-11-6-16-28(33)35/h1-24,28,33H/i1D,2D,3D,4D,5D,6D,7D,8D,9D,10D,11D,12D,13D,14D,15D,16D,17D,18D,19D,20D,21D,22D,23D,24D. The lowest BCUT2D eigenvalue weighted by atomic mass is 9.71. The molecule has 9 rings (SSSR count). The molecule has 0 saturated carbocycles. The van der Waals surface area contributed by atoms with Crippen molar-refractivity contribution in [2.24, 2.45) is 5.92 Å². The van der Waals surface area contributed by atoms with Crippen molar-refractivity contribution in [3.63, 3.8) is 0 Å². The number of benzene rings is 6. The summed E-state index contributed by atoms with van der Waals surface area (Å²) >= 11 is 0. The number of hydrogen-bond acceptors (Lipinski definition) is 1. The van der Waals surface area contributed by atoms with Gasteiger partial charge in [0.1, 0.15) is 11.3 Å². The molecule has 1 aromatic heterocycles. The number of rotatable bonds is 2. The third-order valence-corrected chi connectivity index (χ3v) is 7.21. The van der Waals surface area contributed by atoms with E-state index in [-0.39, 0.29) is 0 Å². The lowest BCUT2D eigenvalue weighted by molar-refractivity contribution is 0.497. The summed E-state index contributed by atoms with van der Waals surface area (Å²) < 4.78 is 221. The molecule has 0 N–H and O–H groups in total. The van der Waals surface area contributed by atoms with Crippen molar-refractivity contribution in [3.8, 4) is 11.1 Å². The van der Waals surface area contributed by atoms with Gasteiger partial charge in [-0.15, -0.1) is 0 Å². The number of fused-ring (bicyclic) bond motifs is 8. The lowest BCUT2D eigenvalue weighted by Gasteiger charge is -2.31. The zero-order valence-corrected chi connectivity index (χ0v) is 20.6. The van der Waals surface area contributed by atoms with E-state index in [2.05, 4.69) is 0 Å². The number of allylic oxidation sites excluding steroid dienone is 5. The van der Waals surface area contributed by atoms with Crippen molar-refractivity contribution in [3.05, 3.63) is 156 Å². The summed E-state index contributed by atoms with van der Waals surface area (Å²) in [5.74, 6) is -3.96. The van der Waals surface area contributed by atoms with Gasteiger partial charge in [-0.25, -0.2) is 0 Å². The van der Waals surface area contributed by atoms with E-state index in [1.807, 2.05) is 0 Å². The van der Waals surface area contributed by atoms with E-state index >= 15 is 0 Å². The highest BCUT2D eigenvalue weighted by Gasteiger charge is 2.35. The summed E-state index contributed by atoms with van der Waals surface area (Å²) in [5.41, 5.74) is -3.42. The summed E-state index contributed by atoms with van der Waals surface area (Å²) in [6.07, 6.45) is 0. The topological polar surface area (TPSA) is 13.1 Å². The van der Waals surface area contributed by atoms with Gasteiger partial charge < -0.3 is 4.42 Å². The molecule has 1 nitrogen and oxygen atoms in total. The van der Waals surface area contributed by atoms with Crippen molar-refractivity contribution in [1.82, 2.24) is 0 Å². The van der Waals surface area contributed by atoms with Crippen LogP contribution in [0.5, 0.6) is 0 Å². The predicted octanol–water partition coefficient (Wildman–Crippen LogP) is 10.9. The fourth-order valence-corrected chi connectivity index (χ4v) is 5.54. The van der Waals surface area contributed by atoms with E-state index in [1.165, 1.54) is 0 Å². The Bertz CT molecular complexity index is 3490. The zero-order valence-electron chi connectivity index (χ0n) is 44.6. The molecule has 192 valence electrons. The minimum atomic E-state index is -1.82. The van der Waals surface area contributed by atoms with Gasteiger partial charge in [-0.1, -0.05) is 127 Å². The first-order chi connectivity index (χ1) is 30.3. The molecule has 41 heavy (non-hydrogen) atoms. The van der Waals surface area contributed by atoms with Crippen LogP contribution in [0.15, 0.2) is 143 Å². The van der Waals surface area contributed by atoms with Crippen LogP contribution in [0.1, 0.15) is 55.7 Å². The van der Waals surface area contributed by atoms with Crippen molar-refractivity contribution in [2.75, 3.05) is 0 Å². The Morgan fingerprint density at radius 1 is 0.537 bits per heavy atom. The second kappa shape index (κ2) is 8.68. The normalized spacial score (nSPS) is 27.1. The van der Waals surface area contributed by atoms with Gasteiger partial charge >= 0.3 is 0 Å². The Hall–Kier alpha value is -5.14. The highest BCUT2D eigenvalue weighted by atomic mass is 16.3. The average Bonchev–Trinajstić information content (AvgIpc) is 3.69. The first kappa shape index (κ1) is 9.46. The minimum absolute atomic E-state index is 0.411. The van der Waals surface area contributed by atoms with Gasteiger partial charge in [-0.05, 0) is 72.7 Å². The molecule has 0 fully saturated rings. The van der Waals surface area contributed by atoms with Gasteiger partial charge in [0.15, 0.2) is 0 Å². The fourth-order valence-electron chi connectivity index (χ4n) is 5.54. The van der Waals surface area contributed by atoms with E-state index in [4.69, 9.17) is 26.3 Å². The highest BCUT2D eigenvalue weighted by molar-refractivity contribution is 6.20. The SMILES string of the molecule is [2H]C1=C([2H])C2C(c3c4c([2H])c([2H])c([2H])c([2H])c4c(-c4c([2H])c([2H])c([2H])c([2H])c4[2H])c4c([2H])c([2H])c([2H])c([2H])c34)=C([2H])c3c(oc4c([2H])c5c([2H])c([2H])c([2H])c([2H])c5c([2H])c34)C2C([2H])=C1[2H]. The molecule has 2 aliphatic rings. The van der Waals surface area contributed by atoms with E-state index in [9.17, 15) is 11.0 Å². The van der Waals surface area contributed by atoms with E-state index in [0.29, 0.717) is 0 Å². The molecule has 0 bridgehead atoms. The number of furan rings is 1. The molecular formula is C40H26O. The van der Waals surface area contributed by atoms with Crippen LogP contribution in [-0.4, -0.2) is 0 Å². The van der Waals surface area contributed by atoms with Crippen LogP contribution in [0, 0.1) is 5.92 Å². The minimum Gasteiger partial charge on any atom is -0.460 e. The van der Waals surface area contributed by atoms with E-state index in [0.717, 1.165) is 0 Å². The monoisotopic (exact) mass is 546 g/mol. The Morgan fingerprint density at radius 3 is 1.78 bits per heavy atom. The molecule has 2 aliphatic carbocycles. The molecule has 0 spiro atoms. The first-order valence-electron chi connectivity index (χ1n) is 24.4. The van der Waals surface area contributed by atoms with Gasteiger partial charge in [0.25, 0.3) is 0 Å². The molecule has 0 aliphatic heterocycles. The lowest BCUT2D eigenvalue weighted by Crippen LogP contribution is -2.17. The molecule has 7 aromatic rings. The van der Waals surface area contributed by atoms with Gasteiger partial charge in [-0.3, -0.25) is 0 Å². The molecule has 2 unspecified atom stereocenters. The maximum atomic E-state index is 10.1. The third kappa shape index (κ3) is 3.30. The smallest absolute Gasteiger partial charge is 0.135 e. The van der Waals surface area contributed by atoms with Crippen molar-refractivity contribution < 1.29 is 37.3 Å². The predicted molar refractivity (Wildman–Crippen MR) is 173 cm³/mol. The second-order valence-electron chi connectivity index (χ2n) is 9.33. The van der Waals surface area contributed by atoms with Crippen LogP contribution in [0.25, 0.3) is 66.0 Å².